The first-order chi connectivity index (χ1) is 13.3. The van der Waals surface area contributed by atoms with Crippen LogP contribution < -0.4 is 4.90 Å². The van der Waals surface area contributed by atoms with Gasteiger partial charge in [0.2, 0.25) is 5.89 Å². The second-order valence-electron chi connectivity index (χ2n) is 6.58. The van der Waals surface area contributed by atoms with Crippen LogP contribution in [0.1, 0.15) is 16.8 Å². The fourth-order valence-electron chi connectivity index (χ4n) is 3.23. The van der Waals surface area contributed by atoms with Crippen LogP contribution >= 0.6 is 0 Å². The van der Waals surface area contributed by atoms with Gasteiger partial charge in [0.15, 0.2) is 0 Å². The maximum absolute atomic E-state index is 12.7. The van der Waals surface area contributed by atoms with E-state index in [2.05, 4.69) is 15.2 Å². The Balaban J connectivity index is 1.53. The molecule has 146 valence electrons. The average Bonchev–Trinajstić information content (AvgIpc) is 3.30. The molecule has 3 aromatic rings. The molecule has 3 heterocycles. The quantitative estimate of drug-likeness (QED) is 0.707. The molecule has 2 aromatic heterocycles. The lowest BCUT2D eigenvalue weighted by Gasteiger charge is -2.30. The Labute approximate surface area is 156 Å². The second kappa shape index (κ2) is 6.70. The van der Waals surface area contributed by atoms with Crippen LogP contribution in [0, 0.1) is 5.92 Å². The number of nitrogens with one attached hydrogen (secondary N) is 1. The number of alkyl halides is 3. The van der Waals surface area contributed by atoms with E-state index in [4.69, 9.17) is 4.42 Å². The van der Waals surface area contributed by atoms with Crippen molar-refractivity contribution in [3.63, 3.8) is 0 Å². The number of hydrogen-bond acceptors (Lipinski definition) is 5. The van der Waals surface area contributed by atoms with Crippen molar-refractivity contribution >= 4 is 11.8 Å². The molecule has 0 amide bonds. The van der Waals surface area contributed by atoms with Crippen molar-refractivity contribution in [3.05, 3.63) is 53.5 Å². The van der Waals surface area contributed by atoms with Gasteiger partial charge in [0.1, 0.15) is 12.1 Å². The molecule has 0 radical (unpaired) electrons. The third-order valence-electron chi connectivity index (χ3n) is 4.63. The van der Waals surface area contributed by atoms with Gasteiger partial charge in [0, 0.05) is 17.7 Å². The molecule has 0 aliphatic carbocycles. The van der Waals surface area contributed by atoms with Gasteiger partial charge < -0.3 is 14.4 Å². The van der Waals surface area contributed by atoms with E-state index >= 15 is 0 Å². The van der Waals surface area contributed by atoms with E-state index in [1.165, 1.54) is 18.4 Å². The van der Waals surface area contributed by atoms with Gasteiger partial charge in [-0.05, 0) is 30.7 Å². The number of carboxylic acid groups (broad SMARTS) is 1. The maximum Gasteiger partial charge on any atom is 0.416 e. The molecule has 0 bridgehead atoms. The van der Waals surface area contributed by atoms with Crippen LogP contribution in [0.15, 0.2) is 41.1 Å². The predicted molar refractivity (Wildman–Crippen MR) is 91.4 cm³/mol. The molecule has 1 atom stereocenters. The van der Waals surface area contributed by atoms with E-state index < -0.39 is 23.6 Å². The standard InChI is InChI=1S/C18H15F3N4O3/c19-18(20,21)13-3-1-10(2-4-13)16-23-14(9-28-16)8-25-7-12(17(26)27)5-11-6-22-24-15(11)25/h1-4,6,9,12H,5,7-8H2,(H,22,24)(H,26,27). The van der Waals surface area contributed by atoms with E-state index in [0.29, 0.717) is 17.7 Å². The molecule has 1 unspecified atom stereocenters. The first-order valence-electron chi connectivity index (χ1n) is 8.43. The predicted octanol–water partition coefficient (Wildman–Crippen LogP) is 3.35. The summed E-state index contributed by atoms with van der Waals surface area (Å²) >= 11 is 0. The second-order valence-corrected chi connectivity index (χ2v) is 6.58. The first kappa shape index (κ1) is 18.1. The van der Waals surface area contributed by atoms with Gasteiger partial charge in [0.25, 0.3) is 0 Å². The molecule has 0 saturated heterocycles. The smallest absolute Gasteiger partial charge is 0.416 e. The number of halogens is 3. The molecule has 1 aliphatic rings. The number of carbonyl (C=O) groups is 1. The number of aliphatic carboxylic acids is 1. The van der Waals surface area contributed by atoms with Gasteiger partial charge in [-0.1, -0.05) is 0 Å². The Bertz CT molecular complexity index is 994. The molecule has 0 saturated carbocycles. The molecule has 1 aromatic carbocycles. The molecule has 28 heavy (non-hydrogen) atoms. The van der Waals surface area contributed by atoms with E-state index in [1.54, 1.807) is 6.20 Å². The highest BCUT2D eigenvalue weighted by Crippen LogP contribution is 2.32. The van der Waals surface area contributed by atoms with Crippen LogP contribution in [0.4, 0.5) is 19.0 Å². The lowest BCUT2D eigenvalue weighted by atomic mass is 9.96. The van der Waals surface area contributed by atoms with Crippen molar-refractivity contribution in [1.82, 2.24) is 15.2 Å². The summed E-state index contributed by atoms with van der Waals surface area (Å²) < 4.78 is 43.4. The SMILES string of the molecule is O=C(O)C1Cc2cn[nH]c2N(Cc2coc(-c3ccc(C(F)(F)F)cc3)n2)C1. The largest absolute Gasteiger partial charge is 0.481 e. The molecular formula is C18H15F3N4O3. The highest BCUT2D eigenvalue weighted by Gasteiger charge is 2.31. The number of H-pyrrole nitrogens is 1. The van der Waals surface area contributed by atoms with Crippen LogP contribution in [0.2, 0.25) is 0 Å². The number of rotatable bonds is 4. The number of oxazole rings is 1. The number of carboxylic acids is 1. The molecule has 2 N–H and O–H groups in total. The number of hydrogen-bond donors (Lipinski definition) is 2. The Morgan fingerprint density at radius 3 is 2.75 bits per heavy atom. The summed E-state index contributed by atoms with van der Waals surface area (Å²) in [5.74, 6) is -0.522. The Morgan fingerprint density at radius 2 is 2.07 bits per heavy atom. The normalized spacial score (nSPS) is 16.8. The highest BCUT2D eigenvalue weighted by molar-refractivity contribution is 5.73. The number of benzene rings is 1. The van der Waals surface area contributed by atoms with Crippen molar-refractivity contribution in [2.45, 2.75) is 19.1 Å². The van der Waals surface area contributed by atoms with Crippen LogP contribution in [0.25, 0.3) is 11.5 Å². The number of fused-ring (bicyclic) bond motifs is 1. The van der Waals surface area contributed by atoms with Gasteiger partial charge in [0.05, 0.1) is 29.9 Å². The summed E-state index contributed by atoms with van der Waals surface area (Å²) in [7, 11) is 0. The minimum atomic E-state index is -4.41. The first-order valence-corrected chi connectivity index (χ1v) is 8.43. The number of aromatic nitrogens is 3. The summed E-state index contributed by atoms with van der Waals surface area (Å²) in [6, 6.07) is 4.54. The zero-order valence-electron chi connectivity index (χ0n) is 14.4. The van der Waals surface area contributed by atoms with E-state index in [-0.39, 0.29) is 19.0 Å². The molecular weight excluding hydrogens is 377 g/mol. The summed E-state index contributed by atoms with van der Waals surface area (Å²) in [5.41, 5.74) is 1.01. The molecule has 0 spiro atoms. The third kappa shape index (κ3) is 3.45. The lowest BCUT2D eigenvalue weighted by molar-refractivity contribution is -0.141. The summed E-state index contributed by atoms with van der Waals surface area (Å²) in [4.78, 5) is 17.5. The zero-order valence-corrected chi connectivity index (χ0v) is 14.4. The fourth-order valence-corrected chi connectivity index (χ4v) is 3.23. The van der Waals surface area contributed by atoms with E-state index in [0.717, 1.165) is 23.5 Å². The summed E-state index contributed by atoms with van der Waals surface area (Å²) in [6.45, 7) is 0.566. The number of nitrogens with zero attached hydrogens (tertiary/aromatic N) is 3. The van der Waals surface area contributed by atoms with Crippen molar-refractivity contribution in [2.75, 3.05) is 11.4 Å². The van der Waals surface area contributed by atoms with E-state index in [9.17, 15) is 23.1 Å². The Kier molecular flexibility index (Phi) is 4.33. The summed E-state index contributed by atoms with van der Waals surface area (Å²) in [5, 5.41) is 16.2. The molecule has 0 fully saturated rings. The van der Waals surface area contributed by atoms with Crippen LogP contribution in [0.5, 0.6) is 0 Å². The maximum atomic E-state index is 12.7. The van der Waals surface area contributed by atoms with E-state index in [1.807, 2.05) is 4.90 Å². The molecule has 1 aliphatic heterocycles. The average molecular weight is 392 g/mol. The van der Waals surface area contributed by atoms with Crippen molar-refractivity contribution in [3.8, 4) is 11.5 Å². The van der Waals surface area contributed by atoms with Crippen LogP contribution in [-0.4, -0.2) is 32.8 Å². The highest BCUT2D eigenvalue weighted by atomic mass is 19.4. The number of aromatic amines is 1. The molecule has 4 rings (SSSR count). The molecule has 7 nitrogen and oxygen atoms in total. The van der Waals surface area contributed by atoms with Crippen molar-refractivity contribution < 1.29 is 27.5 Å². The number of anilines is 1. The topological polar surface area (TPSA) is 95.2 Å². The minimum Gasteiger partial charge on any atom is -0.481 e. The minimum absolute atomic E-state index is 0.195. The fraction of sp³-hybridized carbons (Fsp3) is 0.278. The van der Waals surface area contributed by atoms with Gasteiger partial charge in [-0.15, -0.1) is 0 Å². The van der Waals surface area contributed by atoms with Gasteiger partial charge in [-0.25, -0.2) is 4.98 Å². The van der Waals surface area contributed by atoms with Crippen LogP contribution in [0.3, 0.4) is 0 Å². The third-order valence-corrected chi connectivity index (χ3v) is 4.63. The zero-order chi connectivity index (χ0) is 19.9. The Hall–Kier alpha value is -3.30. The Morgan fingerprint density at radius 1 is 1.32 bits per heavy atom. The van der Waals surface area contributed by atoms with Gasteiger partial charge >= 0.3 is 12.1 Å². The lowest BCUT2D eigenvalue weighted by Crippen LogP contribution is -2.38. The van der Waals surface area contributed by atoms with Gasteiger partial charge in [-0.2, -0.15) is 18.3 Å². The van der Waals surface area contributed by atoms with Gasteiger partial charge in [-0.3, -0.25) is 9.89 Å². The van der Waals surface area contributed by atoms with Crippen LogP contribution in [-0.2, 0) is 23.9 Å². The summed E-state index contributed by atoms with van der Waals surface area (Å²) in [6.07, 6.45) is -0.994. The molecule has 10 heteroatoms. The van der Waals surface area contributed by atoms with Crippen molar-refractivity contribution in [2.24, 2.45) is 5.92 Å². The monoisotopic (exact) mass is 392 g/mol. The van der Waals surface area contributed by atoms with Crippen molar-refractivity contribution in [1.29, 1.82) is 0 Å².